The molecule has 0 spiro atoms. The van der Waals surface area contributed by atoms with Crippen LogP contribution in [0.25, 0.3) is 0 Å². The van der Waals surface area contributed by atoms with Crippen LogP contribution in [0.2, 0.25) is 0 Å². The number of aryl methyl sites for hydroxylation is 1. The number of carbonyl (C=O) groups is 1. The smallest absolute Gasteiger partial charge is 0.254 e. The molecule has 2 nitrogen and oxygen atoms in total. The van der Waals surface area contributed by atoms with Gasteiger partial charge in [-0.25, -0.2) is 0 Å². The quantitative estimate of drug-likeness (QED) is 0.730. The largest absolute Gasteiger partial charge is 0.338 e. The Hall–Kier alpha value is -0.540. The highest BCUT2D eigenvalue weighted by molar-refractivity contribution is 7.08. The molecule has 0 atom stereocenters. The zero-order valence-corrected chi connectivity index (χ0v) is 9.99. The Morgan fingerprint density at radius 3 is 2.71 bits per heavy atom. The molecule has 78 valence electrons. The van der Waals surface area contributed by atoms with Crippen molar-refractivity contribution in [3.63, 3.8) is 0 Å². The lowest BCUT2D eigenvalue weighted by Gasteiger charge is -2.19. The number of hydrogen-bond donors (Lipinski definition) is 0. The van der Waals surface area contributed by atoms with Gasteiger partial charge in [-0.1, -0.05) is 0 Å². The van der Waals surface area contributed by atoms with Gasteiger partial charge in [-0.2, -0.15) is 11.3 Å². The van der Waals surface area contributed by atoms with Crippen LogP contribution in [0.3, 0.4) is 0 Å². The molecule has 1 amide bonds. The summed E-state index contributed by atoms with van der Waals surface area (Å²) in [5.74, 6) is 0.579. The summed E-state index contributed by atoms with van der Waals surface area (Å²) in [5, 5.41) is 3.89. The Balaban J connectivity index is 2.78. The molecule has 0 unspecified atom stereocenters. The molecule has 0 aliphatic rings. The van der Waals surface area contributed by atoms with Gasteiger partial charge in [0.25, 0.3) is 5.91 Å². The zero-order valence-electron chi connectivity index (χ0n) is 8.42. The lowest BCUT2D eigenvalue weighted by atomic mass is 10.2. The number of rotatable bonds is 4. The summed E-state index contributed by atoms with van der Waals surface area (Å²) in [6, 6.07) is 0. The monoisotopic (exact) mass is 231 g/mol. The molecule has 0 aliphatic heterocycles. The van der Waals surface area contributed by atoms with Crippen molar-refractivity contribution in [3.05, 3.63) is 21.9 Å². The van der Waals surface area contributed by atoms with Crippen LogP contribution in [0.1, 0.15) is 22.8 Å². The van der Waals surface area contributed by atoms with Gasteiger partial charge >= 0.3 is 0 Å². The van der Waals surface area contributed by atoms with Gasteiger partial charge < -0.3 is 4.90 Å². The first-order valence-electron chi connectivity index (χ1n) is 4.58. The van der Waals surface area contributed by atoms with Crippen LogP contribution in [-0.4, -0.2) is 29.8 Å². The van der Waals surface area contributed by atoms with E-state index in [2.05, 4.69) is 0 Å². The van der Waals surface area contributed by atoms with Crippen molar-refractivity contribution in [2.24, 2.45) is 0 Å². The maximum Gasteiger partial charge on any atom is 0.254 e. The molecule has 1 aromatic rings. The van der Waals surface area contributed by atoms with Gasteiger partial charge in [0.1, 0.15) is 0 Å². The Morgan fingerprint density at radius 1 is 1.57 bits per heavy atom. The molecule has 0 aromatic carbocycles. The number of halogens is 1. The topological polar surface area (TPSA) is 20.3 Å². The molecule has 1 heterocycles. The van der Waals surface area contributed by atoms with Crippen molar-refractivity contribution in [2.45, 2.75) is 13.8 Å². The van der Waals surface area contributed by atoms with E-state index in [-0.39, 0.29) is 5.91 Å². The molecular weight excluding hydrogens is 218 g/mol. The van der Waals surface area contributed by atoms with E-state index in [1.165, 1.54) is 0 Å². The molecule has 0 N–H and O–H groups in total. The summed E-state index contributed by atoms with van der Waals surface area (Å²) >= 11 is 7.19. The zero-order chi connectivity index (χ0) is 10.6. The van der Waals surface area contributed by atoms with Gasteiger partial charge in [-0.3, -0.25) is 4.79 Å². The first kappa shape index (κ1) is 11.5. The second-order valence-corrected chi connectivity index (χ2v) is 4.16. The van der Waals surface area contributed by atoms with Crippen LogP contribution < -0.4 is 0 Å². The van der Waals surface area contributed by atoms with Gasteiger partial charge in [-0.05, 0) is 24.8 Å². The van der Waals surface area contributed by atoms with Crippen LogP contribution in [0, 0.1) is 6.92 Å². The Kier molecular flexibility index (Phi) is 4.42. The van der Waals surface area contributed by atoms with Gasteiger partial charge in [-0.15, -0.1) is 11.6 Å². The number of nitrogens with zero attached hydrogens (tertiary/aromatic N) is 1. The lowest BCUT2D eigenvalue weighted by molar-refractivity contribution is 0.0774. The summed E-state index contributed by atoms with van der Waals surface area (Å²) < 4.78 is 0. The van der Waals surface area contributed by atoms with E-state index in [4.69, 9.17) is 11.6 Å². The average Bonchev–Trinajstić information content (AvgIpc) is 2.59. The first-order chi connectivity index (χ1) is 6.70. The van der Waals surface area contributed by atoms with Crippen LogP contribution in [0.4, 0.5) is 0 Å². The molecule has 14 heavy (non-hydrogen) atoms. The number of thiophene rings is 1. The normalized spacial score (nSPS) is 10.2. The minimum absolute atomic E-state index is 0.0897. The van der Waals surface area contributed by atoms with E-state index in [9.17, 15) is 4.79 Å². The van der Waals surface area contributed by atoms with E-state index in [0.29, 0.717) is 19.0 Å². The van der Waals surface area contributed by atoms with Crippen LogP contribution in [0.15, 0.2) is 10.8 Å². The molecule has 0 saturated heterocycles. The summed E-state index contributed by atoms with van der Waals surface area (Å²) in [5.41, 5.74) is 1.86. The Bertz CT molecular complexity index is 311. The molecular formula is C10H14ClNOS. The van der Waals surface area contributed by atoms with Crippen LogP contribution in [-0.2, 0) is 0 Å². The van der Waals surface area contributed by atoms with E-state index in [0.717, 1.165) is 11.1 Å². The van der Waals surface area contributed by atoms with E-state index < -0.39 is 0 Å². The molecule has 0 fully saturated rings. The second-order valence-electron chi connectivity index (χ2n) is 3.04. The SMILES string of the molecule is CCN(CCCl)C(=O)c1cscc1C. The minimum Gasteiger partial charge on any atom is -0.338 e. The van der Waals surface area contributed by atoms with Gasteiger partial charge in [0.2, 0.25) is 0 Å². The lowest BCUT2D eigenvalue weighted by Crippen LogP contribution is -2.32. The molecule has 0 bridgehead atoms. The number of hydrogen-bond acceptors (Lipinski definition) is 2. The Morgan fingerprint density at radius 2 is 2.29 bits per heavy atom. The maximum atomic E-state index is 11.9. The third-order valence-corrected chi connectivity index (χ3v) is 3.14. The second kappa shape index (κ2) is 5.37. The first-order valence-corrected chi connectivity index (χ1v) is 6.06. The minimum atomic E-state index is 0.0897. The summed E-state index contributed by atoms with van der Waals surface area (Å²) in [6.07, 6.45) is 0. The molecule has 0 radical (unpaired) electrons. The van der Waals surface area contributed by atoms with E-state index in [1.807, 2.05) is 24.6 Å². The van der Waals surface area contributed by atoms with Gasteiger partial charge in [0, 0.05) is 24.3 Å². The fourth-order valence-electron chi connectivity index (χ4n) is 1.26. The fraction of sp³-hybridized carbons (Fsp3) is 0.500. The van der Waals surface area contributed by atoms with Crippen LogP contribution in [0.5, 0.6) is 0 Å². The van der Waals surface area contributed by atoms with Crippen molar-refractivity contribution in [3.8, 4) is 0 Å². The molecule has 0 saturated carbocycles. The third-order valence-electron chi connectivity index (χ3n) is 2.11. The van der Waals surface area contributed by atoms with Crippen molar-refractivity contribution >= 4 is 28.8 Å². The average molecular weight is 232 g/mol. The molecule has 0 aliphatic carbocycles. The van der Waals surface area contributed by atoms with E-state index >= 15 is 0 Å². The van der Waals surface area contributed by atoms with Crippen molar-refractivity contribution in [2.75, 3.05) is 19.0 Å². The highest BCUT2D eigenvalue weighted by atomic mass is 35.5. The van der Waals surface area contributed by atoms with Gasteiger partial charge in [0.15, 0.2) is 0 Å². The number of alkyl halides is 1. The van der Waals surface area contributed by atoms with Crippen molar-refractivity contribution < 1.29 is 4.79 Å². The highest BCUT2D eigenvalue weighted by Crippen LogP contribution is 2.15. The molecule has 4 heteroatoms. The third kappa shape index (κ3) is 2.49. The standard InChI is InChI=1S/C10H14ClNOS/c1-3-12(5-4-11)10(13)9-7-14-6-8(9)2/h6-7H,3-5H2,1-2H3. The predicted molar refractivity (Wildman–Crippen MR) is 61.4 cm³/mol. The summed E-state index contributed by atoms with van der Waals surface area (Å²) in [4.78, 5) is 13.7. The maximum absolute atomic E-state index is 11.9. The molecule has 1 aromatic heterocycles. The number of carbonyl (C=O) groups excluding carboxylic acids is 1. The fourth-order valence-corrected chi connectivity index (χ4v) is 2.28. The molecule has 1 rings (SSSR count). The highest BCUT2D eigenvalue weighted by Gasteiger charge is 2.15. The van der Waals surface area contributed by atoms with Crippen molar-refractivity contribution in [1.82, 2.24) is 4.90 Å². The summed E-state index contributed by atoms with van der Waals surface area (Å²) in [6.45, 7) is 5.25. The van der Waals surface area contributed by atoms with Gasteiger partial charge in [0.05, 0.1) is 5.56 Å². The van der Waals surface area contributed by atoms with Crippen LogP contribution >= 0.6 is 22.9 Å². The summed E-state index contributed by atoms with van der Waals surface area (Å²) in [7, 11) is 0. The van der Waals surface area contributed by atoms with Crippen molar-refractivity contribution in [1.29, 1.82) is 0 Å². The number of amides is 1. The Labute approximate surface area is 93.5 Å². The predicted octanol–water partition coefficient (Wildman–Crippen LogP) is 2.76. The van der Waals surface area contributed by atoms with E-state index in [1.54, 1.807) is 16.2 Å².